The number of aryl methyl sites for hydroxylation is 2. The summed E-state index contributed by atoms with van der Waals surface area (Å²) in [5, 5.41) is 3.51. The van der Waals surface area contributed by atoms with Gasteiger partial charge >= 0.3 is 0 Å². The first-order chi connectivity index (χ1) is 9.94. The maximum absolute atomic E-state index is 4.30. The second kappa shape index (κ2) is 7.43. The van der Waals surface area contributed by atoms with Crippen LogP contribution >= 0.6 is 23.1 Å². The van der Waals surface area contributed by atoms with Crippen molar-refractivity contribution in [2.45, 2.75) is 51.1 Å². The van der Waals surface area contributed by atoms with E-state index < -0.39 is 0 Å². The molecule has 2 nitrogen and oxygen atoms in total. The molecule has 0 amide bonds. The van der Waals surface area contributed by atoms with Gasteiger partial charge in [0.1, 0.15) is 0 Å². The molecular formula is C17H24N2S2. The lowest BCUT2D eigenvalue weighted by molar-refractivity contribution is 0.424. The van der Waals surface area contributed by atoms with Gasteiger partial charge in [-0.2, -0.15) is 0 Å². The highest BCUT2D eigenvalue weighted by Crippen LogP contribution is 2.22. The van der Waals surface area contributed by atoms with Gasteiger partial charge in [0, 0.05) is 27.6 Å². The topological polar surface area (TPSA) is 24.9 Å². The molecular weight excluding hydrogens is 296 g/mol. The first kappa shape index (κ1) is 16.5. The van der Waals surface area contributed by atoms with E-state index in [-0.39, 0.29) is 5.54 Å². The molecule has 1 heterocycles. The summed E-state index contributed by atoms with van der Waals surface area (Å²) in [6.45, 7) is 9.60. The second-order valence-corrected chi connectivity index (χ2v) is 8.31. The third-order valence-electron chi connectivity index (χ3n) is 3.19. The second-order valence-electron chi connectivity index (χ2n) is 6.21. The number of benzene rings is 1. The Bertz CT molecular complexity index is 553. The van der Waals surface area contributed by atoms with Gasteiger partial charge in [-0.15, -0.1) is 23.1 Å². The highest BCUT2D eigenvalue weighted by molar-refractivity contribution is 7.99. The number of thioether (sulfide) groups is 1. The molecule has 0 unspecified atom stereocenters. The van der Waals surface area contributed by atoms with E-state index in [4.69, 9.17) is 0 Å². The van der Waals surface area contributed by atoms with Crippen molar-refractivity contribution in [2.24, 2.45) is 0 Å². The number of nitrogens with one attached hydrogen (secondary N) is 1. The number of rotatable bonds is 6. The number of thiazole rings is 1. The van der Waals surface area contributed by atoms with Gasteiger partial charge in [-0.05, 0) is 51.8 Å². The third-order valence-corrected chi connectivity index (χ3v) is 5.20. The SMILES string of the molecule is Cc1ncsc1CCSc1ccc(CNC(C)(C)C)cc1. The van der Waals surface area contributed by atoms with Crippen molar-refractivity contribution in [1.29, 1.82) is 0 Å². The maximum Gasteiger partial charge on any atom is 0.0797 e. The number of aromatic nitrogens is 1. The van der Waals surface area contributed by atoms with E-state index in [9.17, 15) is 0 Å². The third kappa shape index (κ3) is 5.81. The molecule has 0 aliphatic heterocycles. The summed E-state index contributed by atoms with van der Waals surface area (Å²) in [6, 6.07) is 8.89. The summed E-state index contributed by atoms with van der Waals surface area (Å²) in [7, 11) is 0. The van der Waals surface area contributed by atoms with Crippen LogP contribution in [-0.4, -0.2) is 16.3 Å². The van der Waals surface area contributed by atoms with Crippen molar-refractivity contribution < 1.29 is 0 Å². The van der Waals surface area contributed by atoms with Gasteiger partial charge < -0.3 is 5.32 Å². The lowest BCUT2D eigenvalue weighted by Crippen LogP contribution is -2.35. The van der Waals surface area contributed by atoms with Gasteiger partial charge in [0.2, 0.25) is 0 Å². The Morgan fingerprint density at radius 1 is 1.19 bits per heavy atom. The minimum absolute atomic E-state index is 0.167. The van der Waals surface area contributed by atoms with Crippen molar-refractivity contribution in [3.63, 3.8) is 0 Å². The smallest absolute Gasteiger partial charge is 0.0797 e. The molecule has 0 bridgehead atoms. The van der Waals surface area contributed by atoms with Crippen LogP contribution < -0.4 is 5.32 Å². The van der Waals surface area contributed by atoms with Gasteiger partial charge in [0.25, 0.3) is 0 Å². The highest BCUT2D eigenvalue weighted by Gasteiger charge is 2.08. The summed E-state index contributed by atoms with van der Waals surface area (Å²) >= 11 is 3.68. The van der Waals surface area contributed by atoms with Gasteiger partial charge in [-0.25, -0.2) is 4.98 Å². The molecule has 0 fully saturated rings. The Labute approximate surface area is 136 Å². The maximum atomic E-state index is 4.30. The van der Waals surface area contributed by atoms with Crippen LogP contribution in [0.2, 0.25) is 0 Å². The van der Waals surface area contributed by atoms with E-state index in [1.807, 2.05) is 17.3 Å². The number of nitrogens with zero attached hydrogens (tertiary/aromatic N) is 1. The molecule has 2 rings (SSSR count). The molecule has 114 valence electrons. The largest absolute Gasteiger partial charge is 0.308 e. The molecule has 21 heavy (non-hydrogen) atoms. The van der Waals surface area contributed by atoms with Crippen molar-refractivity contribution in [1.82, 2.24) is 10.3 Å². The zero-order valence-electron chi connectivity index (χ0n) is 13.3. The zero-order valence-corrected chi connectivity index (χ0v) is 14.9. The van der Waals surface area contributed by atoms with Crippen LogP contribution in [0.5, 0.6) is 0 Å². The molecule has 1 aromatic heterocycles. The number of hydrogen-bond donors (Lipinski definition) is 1. The molecule has 0 aliphatic rings. The average molecular weight is 321 g/mol. The van der Waals surface area contributed by atoms with Gasteiger partial charge in [-0.3, -0.25) is 0 Å². The lowest BCUT2D eigenvalue weighted by Gasteiger charge is -2.20. The molecule has 0 atom stereocenters. The molecule has 0 saturated heterocycles. The van der Waals surface area contributed by atoms with E-state index in [0.717, 1.165) is 18.7 Å². The van der Waals surface area contributed by atoms with Gasteiger partial charge in [0.15, 0.2) is 0 Å². The van der Waals surface area contributed by atoms with Gasteiger partial charge in [0.05, 0.1) is 11.2 Å². The van der Waals surface area contributed by atoms with Crippen molar-refractivity contribution in [2.75, 3.05) is 5.75 Å². The molecule has 0 aliphatic carbocycles. The summed E-state index contributed by atoms with van der Waals surface area (Å²) in [5.74, 6) is 1.11. The highest BCUT2D eigenvalue weighted by atomic mass is 32.2. The van der Waals surface area contributed by atoms with E-state index in [1.165, 1.54) is 21.0 Å². The molecule has 0 radical (unpaired) electrons. The molecule has 0 spiro atoms. The van der Waals surface area contributed by atoms with E-state index in [0.29, 0.717) is 0 Å². The van der Waals surface area contributed by atoms with Crippen LogP contribution in [0.15, 0.2) is 34.7 Å². The predicted molar refractivity (Wildman–Crippen MR) is 94.3 cm³/mol. The van der Waals surface area contributed by atoms with Crippen LogP contribution in [0.25, 0.3) is 0 Å². The fourth-order valence-corrected chi connectivity index (χ4v) is 3.68. The fourth-order valence-electron chi connectivity index (χ4n) is 1.90. The predicted octanol–water partition coefficient (Wildman–Crippen LogP) is 4.67. The van der Waals surface area contributed by atoms with Gasteiger partial charge in [-0.1, -0.05) is 12.1 Å². The zero-order chi connectivity index (χ0) is 15.3. The molecule has 1 N–H and O–H groups in total. The Kier molecular flexibility index (Phi) is 5.85. The molecule has 0 saturated carbocycles. The van der Waals surface area contributed by atoms with Crippen molar-refractivity contribution >= 4 is 23.1 Å². The Hall–Kier alpha value is -0.840. The standard InChI is InChI=1S/C17H24N2S2/c1-13-16(21-12-18-13)9-10-20-15-7-5-14(6-8-15)11-19-17(2,3)4/h5-8,12,19H,9-11H2,1-4H3. The summed E-state index contributed by atoms with van der Waals surface area (Å²) in [6.07, 6.45) is 1.11. The van der Waals surface area contributed by atoms with Crippen molar-refractivity contribution in [3.8, 4) is 0 Å². The van der Waals surface area contributed by atoms with Crippen LogP contribution in [0.4, 0.5) is 0 Å². The lowest BCUT2D eigenvalue weighted by atomic mass is 10.1. The molecule has 1 aromatic carbocycles. The quantitative estimate of drug-likeness (QED) is 0.783. The monoisotopic (exact) mass is 320 g/mol. The summed E-state index contributed by atoms with van der Waals surface area (Å²) < 4.78 is 0. The van der Waals surface area contributed by atoms with Crippen LogP contribution in [0.3, 0.4) is 0 Å². The molecule has 4 heteroatoms. The van der Waals surface area contributed by atoms with Crippen LogP contribution in [0, 0.1) is 6.92 Å². The minimum atomic E-state index is 0.167. The first-order valence-electron chi connectivity index (χ1n) is 7.30. The first-order valence-corrected chi connectivity index (χ1v) is 9.16. The Morgan fingerprint density at radius 3 is 2.48 bits per heavy atom. The van der Waals surface area contributed by atoms with E-state index >= 15 is 0 Å². The fraction of sp³-hybridized carbons (Fsp3) is 0.471. The van der Waals surface area contributed by atoms with Crippen LogP contribution in [0.1, 0.15) is 36.9 Å². The normalized spacial score (nSPS) is 11.8. The minimum Gasteiger partial charge on any atom is -0.308 e. The molecule has 2 aromatic rings. The Balaban J connectivity index is 1.78. The summed E-state index contributed by atoms with van der Waals surface area (Å²) in [5.41, 5.74) is 4.63. The Morgan fingerprint density at radius 2 is 1.90 bits per heavy atom. The van der Waals surface area contributed by atoms with E-state index in [1.54, 1.807) is 11.3 Å². The summed E-state index contributed by atoms with van der Waals surface area (Å²) in [4.78, 5) is 7.05. The average Bonchev–Trinajstić information content (AvgIpc) is 2.83. The van der Waals surface area contributed by atoms with Crippen molar-refractivity contribution in [3.05, 3.63) is 45.9 Å². The number of hydrogen-bond acceptors (Lipinski definition) is 4. The van der Waals surface area contributed by atoms with Crippen LogP contribution in [-0.2, 0) is 13.0 Å². The van der Waals surface area contributed by atoms with E-state index in [2.05, 4.69) is 62.3 Å².